The fourth-order valence-electron chi connectivity index (χ4n) is 1.42. The second-order valence-corrected chi connectivity index (χ2v) is 4.21. The Labute approximate surface area is 109 Å². The maximum Gasteiger partial charge on any atom is 0.416 e. The molecule has 1 rings (SSSR count). The van der Waals surface area contributed by atoms with Crippen molar-refractivity contribution in [1.29, 1.82) is 0 Å². The van der Waals surface area contributed by atoms with E-state index in [1.54, 1.807) is 0 Å². The molecule has 0 N–H and O–H groups in total. The number of hydrogen-bond acceptors (Lipinski definition) is 1. The van der Waals surface area contributed by atoms with Gasteiger partial charge in [0.1, 0.15) is 5.38 Å². The summed E-state index contributed by atoms with van der Waals surface area (Å²) in [6.07, 6.45) is -9.93. The summed E-state index contributed by atoms with van der Waals surface area (Å²) in [5, 5.41) is -1.64. The minimum atomic E-state index is -5.03. The SMILES string of the molecule is CC(=O)C(Cl)c1ccc(C(F)(F)F)cc1C(F)(F)F. The van der Waals surface area contributed by atoms with E-state index in [0.29, 0.717) is 12.1 Å². The van der Waals surface area contributed by atoms with E-state index in [9.17, 15) is 31.1 Å². The molecule has 0 saturated heterocycles. The van der Waals surface area contributed by atoms with Crippen LogP contribution in [0.15, 0.2) is 18.2 Å². The van der Waals surface area contributed by atoms with E-state index in [0.717, 1.165) is 6.92 Å². The molecule has 106 valence electrons. The minimum absolute atomic E-state index is 0.0480. The molecular formula is C11H7ClF6O. The van der Waals surface area contributed by atoms with Gasteiger partial charge in [-0.25, -0.2) is 0 Å². The molecule has 0 amide bonds. The summed E-state index contributed by atoms with van der Waals surface area (Å²) in [5.41, 5.74) is -3.69. The third-order valence-electron chi connectivity index (χ3n) is 2.32. The number of rotatable bonds is 2. The molecule has 0 aliphatic carbocycles. The zero-order valence-corrected chi connectivity index (χ0v) is 10.1. The predicted octanol–water partition coefficient (Wildman–Crippen LogP) is 4.59. The highest BCUT2D eigenvalue weighted by Gasteiger charge is 2.39. The predicted molar refractivity (Wildman–Crippen MR) is 55.7 cm³/mol. The minimum Gasteiger partial charge on any atom is -0.298 e. The smallest absolute Gasteiger partial charge is 0.298 e. The first-order valence-electron chi connectivity index (χ1n) is 4.87. The third-order valence-corrected chi connectivity index (χ3v) is 2.86. The monoisotopic (exact) mass is 304 g/mol. The summed E-state index contributed by atoms with van der Waals surface area (Å²) in [5.74, 6) is -0.785. The molecule has 1 aromatic rings. The molecule has 0 aliphatic heterocycles. The molecule has 0 fully saturated rings. The zero-order chi connectivity index (χ0) is 15.0. The van der Waals surface area contributed by atoms with Crippen LogP contribution >= 0.6 is 11.6 Å². The fourth-order valence-corrected chi connectivity index (χ4v) is 1.61. The number of carbonyl (C=O) groups excluding carboxylic acids is 1. The molecule has 1 unspecified atom stereocenters. The molecule has 0 heterocycles. The van der Waals surface area contributed by atoms with E-state index < -0.39 is 40.2 Å². The van der Waals surface area contributed by atoms with Crippen LogP contribution in [0.4, 0.5) is 26.3 Å². The Hall–Kier alpha value is -1.24. The highest BCUT2D eigenvalue weighted by Crippen LogP contribution is 2.40. The number of alkyl halides is 7. The second-order valence-electron chi connectivity index (χ2n) is 3.77. The van der Waals surface area contributed by atoms with Gasteiger partial charge >= 0.3 is 12.4 Å². The largest absolute Gasteiger partial charge is 0.416 e. The van der Waals surface area contributed by atoms with E-state index in [-0.39, 0.29) is 6.07 Å². The maximum atomic E-state index is 12.7. The molecule has 1 aromatic carbocycles. The molecule has 0 spiro atoms. The Morgan fingerprint density at radius 3 is 2.00 bits per heavy atom. The van der Waals surface area contributed by atoms with Crippen molar-refractivity contribution in [3.05, 3.63) is 34.9 Å². The maximum absolute atomic E-state index is 12.7. The number of ketones is 1. The van der Waals surface area contributed by atoms with Gasteiger partial charge in [-0.2, -0.15) is 26.3 Å². The molecule has 1 nitrogen and oxygen atoms in total. The Morgan fingerprint density at radius 1 is 1.11 bits per heavy atom. The van der Waals surface area contributed by atoms with Gasteiger partial charge in [-0.3, -0.25) is 4.79 Å². The number of Topliss-reactive ketones (excluding diaryl/α,β-unsaturated/α-hetero) is 1. The average Bonchev–Trinajstić information content (AvgIpc) is 2.24. The van der Waals surface area contributed by atoms with Crippen LogP contribution in [-0.4, -0.2) is 5.78 Å². The van der Waals surface area contributed by atoms with Gasteiger partial charge in [0.25, 0.3) is 0 Å². The summed E-state index contributed by atoms with van der Waals surface area (Å²) in [4.78, 5) is 11.0. The lowest BCUT2D eigenvalue weighted by Gasteiger charge is -2.17. The van der Waals surface area contributed by atoms with Crippen LogP contribution < -0.4 is 0 Å². The van der Waals surface area contributed by atoms with Crippen molar-refractivity contribution in [3.8, 4) is 0 Å². The van der Waals surface area contributed by atoms with Crippen LogP contribution in [0.1, 0.15) is 29.0 Å². The van der Waals surface area contributed by atoms with Crippen molar-refractivity contribution < 1.29 is 31.1 Å². The summed E-state index contributed by atoms with van der Waals surface area (Å²) in [7, 11) is 0. The van der Waals surface area contributed by atoms with Crippen molar-refractivity contribution in [1.82, 2.24) is 0 Å². The quantitative estimate of drug-likeness (QED) is 0.577. The highest BCUT2D eigenvalue weighted by molar-refractivity contribution is 6.30. The van der Waals surface area contributed by atoms with E-state index in [1.165, 1.54) is 0 Å². The van der Waals surface area contributed by atoms with Crippen LogP contribution in [0, 0.1) is 0 Å². The molecule has 0 radical (unpaired) electrons. The Kier molecular flexibility index (Phi) is 4.19. The van der Waals surface area contributed by atoms with Crippen molar-refractivity contribution in [3.63, 3.8) is 0 Å². The summed E-state index contributed by atoms with van der Waals surface area (Å²) in [6, 6.07) is 0.987. The molecule has 0 bridgehead atoms. The lowest BCUT2D eigenvalue weighted by molar-refractivity contribution is -0.143. The van der Waals surface area contributed by atoms with E-state index in [4.69, 9.17) is 11.6 Å². The first-order chi connectivity index (χ1) is 8.44. The van der Waals surface area contributed by atoms with Gasteiger partial charge < -0.3 is 0 Å². The van der Waals surface area contributed by atoms with Crippen LogP contribution in [0.25, 0.3) is 0 Å². The molecule has 8 heteroatoms. The van der Waals surface area contributed by atoms with Gasteiger partial charge in [0.05, 0.1) is 11.1 Å². The second kappa shape index (κ2) is 5.03. The van der Waals surface area contributed by atoms with Crippen molar-refractivity contribution in [2.75, 3.05) is 0 Å². The third kappa shape index (κ3) is 3.62. The van der Waals surface area contributed by atoms with Gasteiger partial charge in [-0.05, 0) is 24.6 Å². The van der Waals surface area contributed by atoms with Crippen molar-refractivity contribution in [2.24, 2.45) is 0 Å². The van der Waals surface area contributed by atoms with Crippen LogP contribution in [0.5, 0.6) is 0 Å². The van der Waals surface area contributed by atoms with Gasteiger partial charge in [-0.1, -0.05) is 6.07 Å². The fraction of sp³-hybridized carbons (Fsp3) is 0.364. The summed E-state index contributed by atoms with van der Waals surface area (Å²) >= 11 is 5.49. The van der Waals surface area contributed by atoms with Crippen molar-refractivity contribution in [2.45, 2.75) is 24.7 Å². The van der Waals surface area contributed by atoms with Crippen LogP contribution in [0.2, 0.25) is 0 Å². The molecule has 19 heavy (non-hydrogen) atoms. The van der Waals surface area contributed by atoms with Gasteiger partial charge in [0.15, 0.2) is 5.78 Å². The lowest BCUT2D eigenvalue weighted by atomic mass is 9.99. The molecule has 0 aromatic heterocycles. The molecular weight excluding hydrogens is 298 g/mol. The van der Waals surface area contributed by atoms with Crippen LogP contribution in [0.3, 0.4) is 0 Å². The normalized spacial score (nSPS) is 14.3. The standard InChI is InChI=1S/C11H7ClF6O/c1-5(19)9(12)7-3-2-6(10(13,14)15)4-8(7)11(16,17)18/h2-4,9H,1H3. The van der Waals surface area contributed by atoms with Gasteiger partial charge in [0, 0.05) is 0 Å². The number of carbonyl (C=O) groups is 1. The van der Waals surface area contributed by atoms with E-state index >= 15 is 0 Å². The first-order valence-corrected chi connectivity index (χ1v) is 5.31. The van der Waals surface area contributed by atoms with E-state index in [2.05, 4.69) is 0 Å². The number of benzene rings is 1. The topological polar surface area (TPSA) is 17.1 Å². The Morgan fingerprint density at radius 2 is 1.63 bits per heavy atom. The molecule has 1 atom stereocenters. The highest BCUT2D eigenvalue weighted by atomic mass is 35.5. The lowest BCUT2D eigenvalue weighted by Crippen LogP contribution is -2.16. The number of halogens is 7. The summed E-state index contributed by atoms with van der Waals surface area (Å²) < 4.78 is 75.2. The van der Waals surface area contributed by atoms with E-state index in [1.807, 2.05) is 0 Å². The van der Waals surface area contributed by atoms with Crippen molar-refractivity contribution >= 4 is 17.4 Å². The molecule has 0 saturated carbocycles. The van der Waals surface area contributed by atoms with Crippen LogP contribution in [-0.2, 0) is 17.1 Å². The Balaban J connectivity index is 3.46. The zero-order valence-electron chi connectivity index (χ0n) is 9.36. The summed E-state index contributed by atoms with van der Waals surface area (Å²) in [6.45, 7) is 0.954. The average molecular weight is 305 g/mol. The Bertz CT molecular complexity index is 491. The number of hydrogen-bond donors (Lipinski definition) is 0. The molecule has 0 aliphatic rings. The van der Waals surface area contributed by atoms with Gasteiger partial charge in [0.2, 0.25) is 0 Å². The first kappa shape index (κ1) is 15.8. The van der Waals surface area contributed by atoms with Gasteiger partial charge in [-0.15, -0.1) is 11.6 Å².